The van der Waals surface area contributed by atoms with Gasteiger partial charge in [0.1, 0.15) is 0 Å². The fraction of sp³-hybridized carbons (Fsp3) is 0.571. The molecule has 0 aromatic heterocycles. The van der Waals surface area contributed by atoms with Crippen LogP contribution in [0.15, 0.2) is 29.2 Å². The molecule has 1 aromatic rings. The Morgan fingerprint density at radius 3 is 2.34 bits per heavy atom. The van der Waals surface area contributed by atoms with E-state index in [1.807, 2.05) is 38.1 Å². The predicted molar refractivity (Wildman–Crippen MR) is 113 cm³/mol. The summed E-state index contributed by atoms with van der Waals surface area (Å²) >= 11 is 1.75. The predicted octanol–water partition coefficient (Wildman–Crippen LogP) is 2.84. The average Bonchev–Trinajstić information content (AvgIpc) is 2.75. The van der Waals surface area contributed by atoms with Crippen LogP contribution in [0.1, 0.15) is 26.7 Å². The van der Waals surface area contributed by atoms with Crippen molar-refractivity contribution < 1.29 is 19.1 Å². The van der Waals surface area contributed by atoms with Crippen LogP contribution in [0.25, 0.3) is 0 Å². The van der Waals surface area contributed by atoms with E-state index in [9.17, 15) is 14.4 Å². The number of carbonyl (C=O) groups is 3. The number of benzene rings is 1. The Morgan fingerprint density at radius 1 is 0.966 bits per heavy atom. The van der Waals surface area contributed by atoms with E-state index in [1.165, 1.54) is 0 Å². The van der Waals surface area contributed by atoms with Crippen molar-refractivity contribution in [3.05, 3.63) is 24.3 Å². The number of para-hydroxylation sites is 1. The summed E-state index contributed by atoms with van der Waals surface area (Å²) < 4.78 is 5.25. The molecule has 0 spiro atoms. The zero-order valence-corrected chi connectivity index (χ0v) is 18.0. The van der Waals surface area contributed by atoms with Crippen molar-refractivity contribution in [2.45, 2.75) is 31.6 Å². The molecule has 8 heteroatoms. The van der Waals surface area contributed by atoms with E-state index < -0.39 is 0 Å². The molecule has 2 aliphatic heterocycles. The number of hydrogen-bond acceptors (Lipinski definition) is 5. The first-order chi connectivity index (χ1) is 14.0. The van der Waals surface area contributed by atoms with Crippen LogP contribution in [-0.2, 0) is 14.3 Å². The number of ether oxygens (including phenoxy) is 1. The smallest absolute Gasteiger partial charge is 0.409 e. The van der Waals surface area contributed by atoms with Gasteiger partial charge in [0.05, 0.1) is 12.3 Å². The molecule has 1 saturated heterocycles. The Labute approximate surface area is 176 Å². The molecule has 3 rings (SSSR count). The van der Waals surface area contributed by atoms with E-state index in [1.54, 1.807) is 26.5 Å². The zero-order chi connectivity index (χ0) is 20.8. The number of fused-ring (bicyclic) bond motifs is 1. The van der Waals surface area contributed by atoms with Crippen molar-refractivity contribution in [3.63, 3.8) is 0 Å². The second-order valence-corrected chi connectivity index (χ2v) is 8.84. The first-order valence-electron chi connectivity index (χ1n) is 10.2. The maximum Gasteiger partial charge on any atom is 0.409 e. The third kappa shape index (κ3) is 5.65. The lowest BCUT2D eigenvalue weighted by Crippen LogP contribution is -2.51. The molecule has 0 saturated carbocycles. The molecule has 3 amide bonds. The van der Waals surface area contributed by atoms with Crippen LogP contribution in [0.4, 0.5) is 10.5 Å². The lowest BCUT2D eigenvalue weighted by atomic mass is 10.2. The van der Waals surface area contributed by atoms with E-state index >= 15 is 0 Å². The van der Waals surface area contributed by atoms with Crippen LogP contribution < -0.4 is 4.90 Å². The number of thioether (sulfide) groups is 1. The Hall–Kier alpha value is -2.22. The van der Waals surface area contributed by atoms with Gasteiger partial charge in [-0.1, -0.05) is 26.0 Å². The molecule has 158 valence electrons. The van der Waals surface area contributed by atoms with Gasteiger partial charge in [-0.15, -0.1) is 11.8 Å². The third-order valence-corrected chi connectivity index (χ3v) is 6.06. The standard InChI is InChI=1S/C21H29N3O4S/c1-16(2)15-28-21(27)23-11-9-22(10-12-23)19(25)7-8-20(26)24-13-14-29-18-6-4-3-5-17(18)24/h3-6,16H,7-15H2,1-2H3. The summed E-state index contributed by atoms with van der Waals surface area (Å²) in [5.41, 5.74) is 0.940. The lowest BCUT2D eigenvalue weighted by molar-refractivity contribution is -0.134. The fourth-order valence-electron chi connectivity index (χ4n) is 3.40. The number of anilines is 1. The summed E-state index contributed by atoms with van der Waals surface area (Å²) in [4.78, 5) is 43.5. The highest BCUT2D eigenvalue weighted by Crippen LogP contribution is 2.34. The van der Waals surface area contributed by atoms with Gasteiger partial charge >= 0.3 is 6.09 Å². The quantitative estimate of drug-likeness (QED) is 0.734. The summed E-state index contributed by atoms with van der Waals surface area (Å²) in [7, 11) is 0. The van der Waals surface area contributed by atoms with E-state index in [0.29, 0.717) is 45.2 Å². The Bertz CT molecular complexity index is 747. The van der Waals surface area contributed by atoms with Crippen molar-refractivity contribution in [1.29, 1.82) is 0 Å². The average molecular weight is 420 g/mol. The van der Waals surface area contributed by atoms with Crippen molar-refractivity contribution >= 4 is 35.4 Å². The number of carbonyl (C=O) groups excluding carboxylic acids is 3. The van der Waals surface area contributed by atoms with Gasteiger partial charge in [0.15, 0.2) is 0 Å². The molecule has 0 radical (unpaired) electrons. The molecule has 0 unspecified atom stereocenters. The first kappa shape index (κ1) is 21.5. The molecule has 7 nitrogen and oxygen atoms in total. The highest BCUT2D eigenvalue weighted by atomic mass is 32.2. The Kier molecular flexibility index (Phi) is 7.41. The SMILES string of the molecule is CC(C)COC(=O)N1CCN(C(=O)CCC(=O)N2CCSc3ccccc32)CC1. The fourth-order valence-corrected chi connectivity index (χ4v) is 4.40. The molecule has 1 aromatic carbocycles. The minimum Gasteiger partial charge on any atom is -0.449 e. The lowest BCUT2D eigenvalue weighted by Gasteiger charge is -2.34. The second-order valence-electron chi connectivity index (χ2n) is 7.70. The molecule has 0 bridgehead atoms. The van der Waals surface area contributed by atoms with Crippen molar-refractivity contribution in [3.8, 4) is 0 Å². The van der Waals surface area contributed by atoms with Crippen molar-refractivity contribution in [2.24, 2.45) is 5.92 Å². The second kappa shape index (κ2) is 10.0. The number of hydrogen-bond donors (Lipinski definition) is 0. The van der Waals surface area contributed by atoms with E-state index in [4.69, 9.17) is 4.74 Å². The monoisotopic (exact) mass is 419 g/mol. The van der Waals surface area contributed by atoms with Crippen LogP contribution in [0, 0.1) is 5.92 Å². The topological polar surface area (TPSA) is 70.2 Å². The van der Waals surface area contributed by atoms with Gasteiger partial charge in [0.25, 0.3) is 0 Å². The maximum atomic E-state index is 12.7. The summed E-state index contributed by atoms with van der Waals surface area (Å²) in [6, 6.07) is 7.89. The van der Waals surface area contributed by atoms with Gasteiger partial charge < -0.3 is 19.4 Å². The number of nitrogens with zero attached hydrogens (tertiary/aromatic N) is 3. The van der Waals surface area contributed by atoms with Crippen LogP contribution in [0.3, 0.4) is 0 Å². The molecule has 29 heavy (non-hydrogen) atoms. The third-order valence-electron chi connectivity index (χ3n) is 5.01. The van der Waals surface area contributed by atoms with Crippen molar-refractivity contribution in [1.82, 2.24) is 9.80 Å². The highest BCUT2D eigenvalue weighted by molar-refractivity contribution is 7.99. The number of piperazine rings is 1. The zero-order valence-electron chi connectivity index (χ0n) is 17.1. The van der Waals surface area contributed by atoms with E-state index in [2.05, 4.69) is 0 Å². The largest absolute Gasteiger partial charge is 0.449 e. The summed E-state index contributed by atoms with van der Waals surface area (Å²) in [5.74, 6) is 1.12. The highest BCUT2D eigenvalue weighted by Gasteiger charge is 2.27. The Balaban J connectivity index is 1.44. The van der Waals surface area contributed by atoms with E-state index in [0.717, 1.165) is 16.3 Å². The van der Waals surface area contributed by atoms with Gasteiger partial charge in [0.2, 0.25) is 11.8 Å². The molecule has 0 atom stereocenters. The molecular formula is C21H29N3O4S. The van der Waals surface area contributed by atoms with Gasteiger partial charge in [-0.2, -0.15) is 0 Å². The molecule has 2 heterocycles. The van der Waals surface area contributed by atoms with Gasteiger partial charge in [0, 0.05) is 56.2 Å². The van der Waals surface area contributed by atoms with Gasteiger partial charge in [-0.25, -0.2) is 4.79 Å². The number of amides is 3. The van der Waals surface area contributed by atoms with E-state index in [-0.39, 0.29) is 30.7 Å². The molecule has 1 fully saturated rings. The Morgan fingerprint density at radius 2 is 1.62 bits per heavy atom. The minimum absolute atomic E-state index is 0.0120. The summed E-state index contributed by atoms with van der Waals surface area (Å²) in [6.45, 7) is 6.95. The van der Waals surface area contributed by atoms with Crippen molar-refractivity contribution in [2.75, 3.05) is 50.0 Å². The first-order valence-corrected chi connectivity index (χ1v) is 11.2. The van der Waals surface area contributed by atoms with Gasteiger partial charge in [-0.05, 0) is 18.1 Å². The molecule has 0 aliphatic carbocycles. The molecule has 2 aliphatic rings. The van der Waals surface area contributed by atoms with Crippen LogP contribution in [0.5, 0.6) is 0 Å². The van der Waals surface area contributed by atoms with Crippen LogP contribution >= 0.6 is 11.8 Å². The minimum atomic E-state index is -0.317. The van der Waals surface area contributed by atoms with Crippen LogP contribution in [-0.4, -0.2) is 72.8 Å². The van der Waals surface area contributed by atoms with Gasteiger partial charge in [-0.3, -0.25) is 9.59 Å². The molecule has 0 N–H and O–H groups in total. The maximum absolute atomic E-state index is 12.7. The molecular weight excluding hydrogens is 390 g/mol. The summed E-state index contributed by atoms with van der Waals surface area (Å²) in [5, 5.41) is 0. The number of rotatable bonds is 5. The summed E-state index contributed by atoms with van der Waals surface area (Å²) in [6.07, 6.45) is 0.0827. The normalized spacial score (nSPS) is 16.6. The van der Waals surface area contributed by atoms with Crippen LogP contribution in [0.2, 0.25) is 0 Å².